The van der Waals surface area contributed by atoms with E-state index in [1.165, 1.54) is 0 Å². The fraction of sp³-hybridized carbons (Fsp3) is 0.467. The molecule has 1 aliphatic heterocycles. The van der Waals surface area contributed by atoms with E-state index in [1.807, 2.05) is 19.9 Å². The van der Waals surface area contributed by atoms with Gasteiger partial charge in [-0.05, 0) is 44.0 Å². The SMILES string of the molecule is CCC1(C(=O)Nc2cc(C#N)ccc2C)CCNC1. The highest BCUT2D eigenvalue weighted by molar-refractivity contribution is 5.96. The second-order valence-electron chi connectivity index (χ2n) is 5.16. The minimum Gasteiger partial charge on any atom is -0.325 e. The van der Waals surface area contributed by atoms with Crippen LogP contribution in [0.2, 0.25) is 0 Å². The summed E-state index contributed by atoms with van der Waals surface area (Å²) in [6, 6.07) is 7.45. The van der Waals surface area contributed by atoms with Crippen molar-refractivity contribution in [3.63, 3.8) is 0 Å². The fourth-order valence-corrected chi connectivity index (χ4v) is 2.48. The van der Waals surface area contributed by atoms with Gasteiger partial charge in [-0.2, -0.15) is 5.26 Å². The Labute approximate surface area is 113 Å². The number of nitriles is 1. The van der Waals surface area contributed by atoms with Gasteiger partial charge in [-0.1, -0.05) is 13.0 Å². The molecule has 1 aromatic carbocycles. The summed E-state index contributed by atoms with van der Waals surface area (Å²) in [4.78, 5) is 12.5. The summed E-state index contributed by atoms with van der Waals surface area (Å²) in [7, 11) is 0. The van der Waals surface area contributed by atoms with Gasteiger partial charge in [-0.25, -0.2) is 0 Å². The highest BCUT2D eigenvalue weighted by atomic mass is 16.2. The Hall–Kier alpha value is -1.86. The lowest BCUT2D eigenvalue weighted by atomic mass is 9.83. The van der Waals surface area contributed by atoms with Crippen LogP contribution in [0.4, 0.5) is 5.69 Å². The first-order valence-corrected chi connectivity index (χ1v) is 6.64. The van der Waals surface area contributed by atoms with E-state index in [-0.39, 0.29) is 11.3 Å². The summed E-state index contributed by atoms with van der Waals surface area (Å²) in [5.74, 6) is 0.0539. The Kier molecular flexibility index (Phi) is 3.87. The molecule has 1 aromatic rings. The first-order valence-electron chi connectivity index (χ1n) is 6.64. The molecule has 1 aliphatic rings. The molecule has 0 spiro atoms. The van der Waals surface area contributed by atoms with Crippen molar-refractivity contribution in [2.45, 2.75) is 26.7 Å². The van der Waals surface area contributed by atoms with E-state index in [9.17, 15) is 4.79 Å². The number of amides is 1. The van der Waals surface area contributed by atoms with Crippen LogP contribution in [-0.4, -0.2) is 19.0 Å². The summed E-state index contributed by atoms with van der Waals surface area (Å²) in [5, 5.41) is 15.2. The number of anilines is 1. The van der Waals surface area contributed by atoms with Gasteiger partial charge in [0.25, 0.3) is 0 Å². The highest BCUT2D eigenvalue weighted by Crippen LogP contribution is 2.31. The fourth-order valence-electron chi connectivity index (χ4n) is 2.48. The third kappa shape index (κ3) is 2.61. The number of nitrogens with one attached hydrogen (secondary N) is 2. The molecule has 2 N–H and O–H groups in total. The maximum atomic E-state index is 12.5. The van der Waals surface area contributed by atoms with Crippen molar-refractivity contribution < 1.29 is 4.79 Å². The number of carbonyl (C=O) groups excluding carboxylic acids is 1. The van der Waals surface area contributed by atoms with Crippen LogP contribution < -0.4 is 10.6 Å². The van der Waals surface area contributed by atoms with E-state index < -0.39 is 0 Å². The van der Waals surface area contributed by atoms with Gasteiger partial charge >= 0.3 is 0 Å². The number of aryl methyl sites for hydroxylation is 1. The Bertz CT molecular complexity index is 525. The van der Waals surface area contributed by atoms with Crippen molar-refractivity contribution in [2.75, 3.05) is 18.4 Å². The summed E-state index contributed by atoms with van der Waals surface area (Å²) >= 11 is 0. The molecule has 0 saturated carbocycles. The third-order valence-electron chi connectivity index (χ3n) is 4.02. The van der Waals surface area contributed by atoms with Crippen LogP contribution in [0.15, 0.2) is 18.2 Å². The largest absolute Gasteiger partial charge is 0.325 e. The van der Waals surface area contributed by atoms with Gasteiger partial charge in [0.05, 0.1) is 17.0 Å². The Morgan fingerprint density at radius 1 is 1.58 bits per heavy atom. The van der Waals surface area contributed by atoms with Crippen LogP contribution >= 0.6 is 0 Å². The van der Waals surface area contributed by atoms with E-state index in [2.05, 4.69) is 16.7 Å². The molecular weight excluding hydrogens is 238 g/mol. The van der Waals surface area contributed by atoms with Crippen molar-refractivity contribution in [1.82, 2.24) is 5.32 Å². The predicted octanol–water partition coefficient (Wildman–Crippen LogP) is 2.19. The van der Waals surface area contributed by atoms with E-state index in [0.29, 0.717) is 5.56 Å². The zero-order valence-electron chi connectivity index (χ0n) is 11.4. The molecule has 0 aliphatic carbocycles. The van der Waals surface area contributed by atoms with Crippen LogP contribution in [0.3, 0.4) is 0 Å². The molecular formula is C15H19N3O. The Morgan fingerprint density at radius 3 is 2.95 bits per heavy atom. The Balaban J connectivity index is 2.21. The first kappa shape index (κ1) is 13.6. The lowest BCUT2D eigenvalue weighted by molar-refractivity contribution is -0.124. The van der Waals surface area contributed by atoms with E-state index in [4.69, 9.17) is 5.26 Å². The van der Waals surface area contributed by atoms with E-state index >= 15 is 0 Å². The molecule has 100 valence electrons. The molecule has 2 rings (SSSR count). The zero-order chi connectivity index (χ0) is 13.9. The zero-order valence-corrected chi connectivity index (χ0v) is 11.4. The van der Waals surface area contributed by atoms with Crippen molar-refractivity contribution in [1.29, 1.82) is 5.26 Å². The monoisotopic (exact) mass is 257 g/mol. The molecule has 1 saturated heterocycles. The molecule has 0 aromatic heterocycles. The maximum absolute atomic E-state index is 12.5. The number of nitrogens with zero attached hydrogens (tertiary/aromatic N) is 1. The molecule has 1 heterocycles. The molecule has 19 heavy (non-hydrogen) atoms. The van der Waals surface area contributed by atoms with Crippen LogP contribution in [0.1, 0.15) is 30.9 Å². The van der Waals surface area contributed by atoms with Crippen LogP contribution in [0.25, 0.3) is 0 Å². The van der Waals surface area contributed by atoms with Gasteiger partial charge < -0.3 is 10.6 Å². The van der Waals surface area contributed by atoms with Crippen LogP contribution in [-0.2, 0) is 4.79 Å². The number of benzene rings is 1. The number of hydrogen-bond acceptors (Lipinski definition) is 3. The number of carbonyl (C=O) groups is 1. The van der Waals surface area contributed by atoms with E-state index in [1.54, 1.807) is 12.1 Å². The number of rotatable bonds is 3. The molecule has 4 nitrogen and oxygen atoms in total. The van der Waals surface area contributed by atoms with Crippen molar-refractivity contribution in [3.8, 4) is 6.07 Å². The molecule has 0 bridgehead atoms. The summed E-state index contributed by atoms with van der Waals surface area (Å²) in [5.41, 5.74) is 1.97. The lowest BCUT2D eigenvalue weighted by Gasteiger charge is -2.25. The third-order valence-corrected chi connectivity index (χ3v) is 4.02. The average molecular weight is 257 g/mol. The van der Waals surface area contributed by atoms with Crippen molar-refractivity contribution in [2.24, 2.45) is 5.41 Å². The van der Waals surface area contributed by atoms with Crippen LogP contribution in [0.5, 0.6) is 0 Å². The highest BCUT2D eigenvalue weighted by Gasteiger charge is 2.39. The number of hydrogen-bond donors (Lipinski definition) is 2. The molecule has 1 unspecified atom stereocenters. The van der Waals surface area contributed by atoms with Gasteiger partial charge in [-0.3, -0.25) is 4.79 Å². The lowest BCUT2D eigenvalue weighted by Crippen LogP contribution is -2.37. The second kappa shape index (κ2) is 5.41. The predicted molar refractivity (Wildman–Crippen MR) is 74.7 cm³/mol. The minimum absolute atomic E-state index is 0.0539. The quantitative estimate of drug-likeness (QED) is 0.872. The molecule has 1 atom stereocenters. The van der Waals surface area contributed by atoms with Crippen molar-refractivity contribution in [3.05, 3.63) is 29.3 Å². The van der Waals surface area contributed by atoms with Crippen molar-refractivity contribution >= 4 is 11.6 Å². The standard InChI is InChI=1S/C15H19N3O/c1-3-15(6-7-17-10-15)14(19)18-13-8-12(9-16)5-4-11(13)2/h4-5,8,17H,3,6-7,10H2,1-2H3,(H,18,19). The Morgan fingerprint density at radius 2 is 2.37 bits per heavy atom. The molecule has 0 radical (unpaired) electrons. The maximum Gasteiger partial charge on any atom is 0.231 e. The van der Waals surface area contributed by atoms with Crippen LogP contribution in [0, 0.1) is 23.7 Å². The van der Waals surface area contributed by atoms with Gasteiger partial charge in [-0.15, -0.1) is 0 Å². The summed E-state index contributed by atoms with van der Waals surface area (Å²) in [6.45, 7) is 5.60. The second-order valence-corrected chi connectivity index (χ2v) is 5.16. The topological polar surface area (TPSA) is 64.9 Å². The smallest absolute Gasteiger partial charge is 0.231 e. The molecule has 4 heteroatoms. The molecule has 1 fully saturated rings. The van der Waals surface area contributed by atoms with Gasteiger partial charge in [0.2, 0.25) is 5.91 Å². The normalized spacial score (nSPS) is 21.9. The van der Waals surface area contributed by atoms with Gasteiger partial charge in [0.1, 0.15) is 0 Å². The van der Waals surface area contributed by atoms with Gasteiger partial charge in [0, 0.05) is 12.2 Å². The first-order chi connectivity index (χ1) is 9.11. The summed E-state index contributed by atoms with van der Waals surface area (Å²) < 4.78 is 0. The minimum atomic E-state index is -0.310. The average Bonchev–Trinajstić information content (AvgIpc) is 2.91. The van der Waals surface area contributed by atoms with E-state index in [0.717, 1.165) is 37.2 Å². The molecule has 1 amide bonds. The summed E-state index contributed by atoms with van der Waals surface area (Å²) in [6.07, 6.45) is 1.69. The van der Waals surface area contributed by atoms with Gasteiger partial charge in [0.15, 0.2) is 0 Å².